The van der Waals surface area contributed by atoms with E-state index in [9.17, 15) is 4.79 Å². The van der Waals surface area contributed by atoms with E-state index in [1.54, 1.807) is 19.2 Å². The highest BCUT2D eigenvalue weighted by atomic mass is 16.5. The highest BCUT2D eigenvalue weighted by Gasteiger charge is 2.11. The van der Waals surface area contributed by atoms with Gasteiger partial charge in [-0.25, -0.2) is 4.98 Å². The molecule has 3 aromatic carbocycles. The molecule has 1 amide bonds. The Morgan fingerprint density at radius 1 is 0.966 bits per heavy atom. The van der Waals surface area contributed by atoms with Crippen LogP contribution in [0.5, 0.6) is 5.75 Å². The molecule has 0 unspecified atom stereocenters. The third-order valence-electron chi connectivity index (χ3n) is 4.75. The first kappa shape index (κ1) is 18.7. The molecule has 0 aliphatic rings. The molecule has 0 aliphatic carbocycles. The number of oxazole rings is 1. The molecule has 5 nitrogen and oxygen atoms in total. The number of rotatable bonds is 7. The molecule has 4 rings (SSSR count). The molecule has 0 bridgehead atoms. The number of benzene rings is 3. The van der Waals surface area contributed by atoms with Crippen molar-refractivity contribution in [2.75, 3.05) is 7.11 Å². The Labute approximate surface area is 169 Å². The maximum absolute atomic E-state index is 12.5. The van der Waals surface area contributed by atoms with Crippen LogP contribution in [-0.4, -0.2) is 18.0 Å². The van der Waals surface area contributed by atoms with Crippen molar-refractivity contribution in [1.29, 1.82) is 0 Å². The van der Waals surface area contributed by atoms with Crippen LogP contribution in [0.3, 0.4) is 0 Å². The van der Waals surface area contributed by atoms with Crippen molar-refractivity contribution in [3.8, 4) is 5.75 Å². The van der Waals surface area contributed by atoms with Gasteiger partial charge in [0.15, 0.2) is 11.5 Å². The minimum atomic E-state index is -0.156. The van der Waals surface area contributed by atoms with Crippen LogP contribution in [0.1, 0.15) is 27.4 Å². The molecule has 146 valence electrons. The Hall–Kier alpha value is -3.60. The Morgan fingerprint density at radius 3 is 2.62 bits per heavy atom. The number of nitrogens with one attached hydrogen (secondary N) is 1. The third kappa shape index (κ3) is 4.63. The fourth-order valence-electron chi connectivity index (χ4n) is 3.18. The lowest BCUT2D eigenvalue weighted by atomic mass is 10.1. The van der Waals surface area contributed by atoms with Gasteiger partial charge in [-0.3, -0.25) is 4.79 Å². The molecule has 0 radical (unpaired) electrons. The zero-order chi connectivity index (χ0) is 20.1. The number of carbonyl (C=O) groups excluding carboxylic acids is 1. The molecule has 5 heteroatoms. The van der Waals surface area contributed by atoms with Gasteiger partial charge >= 0.3 is 0 Å². The lowest BCUT2D eigenvalue weighted by Crippen LogP contribution is -2.22. The molecule has 1 N–H and O–H groups in total. The summed E-state index contributed by atoms with van der Waals surface area (Å²) in [6.07, 6.45) is 1.58. The largest absolute Gasteiger partial charge is 0.497 e. The van der Waals surface area contributed by atoms with E-state index >= 15 is 0 Å². The van der Waals surface area contributed by atoms with Crippen molar-refractivity contribution in [3.63, 3.8) is 0 Å². The first-order chi connectivity index (χ1) is 14.2. The second-order valence-corrected chi connectivity index (χ2v) is 6.81. The van der Waals surface area contributed by atoms with E-state index in [1.807, 2.05) is 48.5 Å². The number of methoxy groups -OCH3 is 1. The summed E-state index contributed by atoms with van der Waals surface area (Å²) in [6, 6.07) is 23.2. The van der Waals surface area contributed by atoms with Crippen molar-refractivity contribution in [2.45, 2.75) is 19.4 Å². The lowest BCUT2D eigenvalue weighted by molar-refractivity contribution is 0.0951. The van der Waals surface area contributed by atoms with Gasteiger partial charge in [-0.05, 0) is 47.9 Å². The van der Waals surface area contributed by atoms with E-state index in [1.165, 1.54) is 5.56 Å². The molecule has 0 atom stereocenters. The van der Waals surface area contributed by atoms with Gasteiger partial charge in [0.2, 0.25) is 0 Å². The normalized spacial score (nSPS) is 10.8. The Balaban J connectivity index is 1.41. The lowest BCUT2D eigenvalue weighted by Gasteiger charge is -2.07. The SMILES string of the molecule is COc1cccc(CNC(=O)c2ccc3nc(CCc4ccccc4)oc3c2)c1. The molecule has 0 spiro atoms. The van der Waals surface area contributed by atoms with Crippen LogP contribution in [0.25, 0.3) is 11.1 Å². The van der Waals surface area contributed by atoms with E-state index in [-0.39, 0.29) is 5.91 Å². The van der Waals surface area contributed by atoms with E-state index in [0.29, 0.717) is 23.6 Å². The van der Waals surface area contributed by atoms with Gasteiger partial charge in [0, 0.05) is 18.5 Å². The molecule has 0 aliphatic heterocycles. The zero-order valence-electron chi connectivity index (χ0n) is 16.2. The molecule has 1 heterocycles. The minimum Gasteiger partial charge on any atom is -0.497 e. The number of hydrogen-bond donors (Lipinski definition) is 1. The number of nitrogens with zero attached hydrogens (tertiary/aromatic N) is 1. The summed E-state index contributed by atoms with van der Waals surface area (Å²) < 4.78 is 11.1. The van der Waals surface area contributed by atoms with Crippen LogP contribution < -0.4 is 10.1 Å². The topological polar surface area (TPSA) is 64.4 Å². The molecular formula is C24H22N2O3. The second kappa shape index (κ2) is 8.61. The predicted molar refractivity (Wildman–Crippen MR) is 112 cm³/mol. The Bertz CT molecular complexity index is 1120. The number of amides is 1. The quantitative estimate of drug-likeness (QED) is 0.506. The molecule has 0 fully saturated rings. The van der Waals surface area contributed by atoms with Crippen LogP contribution in [0.4, 0.5) is 0 Å². The van der Waals surface area contributed by atoms with Crippen LogP contribution >= 0.6 is 0 Å². The summed E-state index contributed by atoms with van der Waals surface area (Å²) in [7, 11) is 1.62. The highest BCUT2D eigenvalue weighted by Crippen LogP contribution is 2.19. The van der Waals surface area contributed by atoms with Gasteiger partial charge in [-0.1, -0.05) is 42.5 Å². The Kier molecular flexibility index (Phi) is 5.56. The van der Waals surface area contributed by atoms with Crippen molar-refractivity contribution in [2.24, 2.45) is 0 Å². The summed E-state index contributed by atoms with van der Waals surface area (Å²) in [5, 5.41) is 2.93. The summed E-state index contributed by atoms with van der Waals surface area (Å²) in [5.41, 5.74) is 4.15. The average molecular weight is 386 g/mol. The predicted octanol–water partition coefficient (Wildman–Crippen LogP) is 4.55. The second-order valence-electron chi connectivity index (χ2n) is 6.81. The molecule has 0 saturated carbocycles. The summed E-state index contributed by atoms with van der Waals surface area (Å²) in [4.78, 5) is 17.1. The fraction of sp³-hybridized carbons (Fsp3) is 0.167. The number of aromatic nitrogens is 1. The van der Waals surface area contributed by atoms with Gasteiger partial charge in [-0.2, -0.15) is 0 Å². The number of fused-ring (bicyclic) bond motifs is 1. The standard InChI is InChI=1S/C24H22N2O3/c1-28-20-9-5-8-18(14-20)16-25-24(27)19-11-12-21-22(15-19)29-23(26-21)13-10-17-6-3-2-4-7-17/h2-9,11-12,14-15H,10,13,16H2,1H3,(H,25,27). The first-order valence-electron chi connectivity index (χ1n) is 9.56. The molecule has 1 aromatic heterocycles. The minimum absolute atomic E-state index is 0.156. The van der Waals surface area contributed by atoms with Crippen LogP contribution in [0.15, 0.2) is 77.2 Å². The fourth-order valence-corrected chi connectivity index (χ4v) is 3.18. The van der Waals surface area contributed by atoms with Gasteiger partial charge in [0.1, 0.15) is 11.3 Å². The van der Waals surface area contributed by atoms with Crippen molar-refractivity contribution in [1.82, 2.24) is 10.3 Å². The van der Waals surface area contributed by atoms with Crippen molar-refractivity contribution >= 4 is 17.0 Å². The van der Waals surface area contributed by atoms with E-state index in [2.05, 4.69) is 22.4 Å². The van der Waals surface area contributed by atoms with Crippen molar-refractivity contribution in [3.05, 3.63) is 95.4 Å². The Morgan fingerprint density at radius 2 is 1.79 bits per heavy atom. The average Bonchev–Trinajstić information content (AvgIpc) is 3.19. The monoisotopic (exact) mass is 386 g/mol. The summed E-state index contributed by atoms with van der Waals surface area (Å²) in [5.74, 6) is 1.29. The molecule has 4 aromatic rings. The summed E-state index contributed by atoms with van der Waals surface area (Å²) >= 11 is 0. The van der Waals surface area contributed by atoms with Crippen molar-refractivity contribution < 1.29 is 13.9 Å². The molecular weight excluding hydrogens is 364 g/mol. The van der Waals surface area contributed by atoms with Gasteiger partial charge in [-0.15, -0.1) is 0 Å². The van der Waals surface area contributed by atoms with Crippen LogP contribution in [0.2, 0.25) is 0 Å². The van der Waals surface area contributed by atoms with E-state index in [0.717, 1.165) is 29.7 Å². The summed E-state index contributed by atoms with van der Waals surface area (Å²) in [6.45, 7) is 0.423. The van der Waals surface area contributed by atoms with Gasteiger partial charge in [0.05, 0.1) is 7.11 Å². The number of carbonyl (C=O) groups is 1. The first-order valence-corrected chi connectivity index (χ1v) is 9.56. The maximum atomic E-state index is 12.5. The molecule has 0 saturated heterocycles. The number of aryl methyl sites for hydroxylation is 2. The number of ether oxygens (including phenoxy) is 1. The molecule has 29 heavy (non-hydrogen) atoms. The third-order valence-corrected chi connectivity index (χ3v) is 4.75. The van der Waals surface area contributed by atoms with E-state index < -0.39 is 0 Å². The smallest absolute Gasteiger partial charge is 0.251 e. The van der Waals surface area contributed by atoms with Gasteiger partial charge in [0.25, 0.3) is 5.91 Å². The van der Waals surface area contributed by atoms with Crippen LogP contribution in [-0.2, 0) is 19.4 Å². The van der Waals surface area contributed by atoms with E-state index in [4.69, 9.17) is 9.15 Å². The highest BCUT2D eigenvalue weighted by molar-refractivity contribution is 5.97. The zero-order valence-corrected chi connectivity index (χ0v) is 16.2. The number of hydrogen-bond acceptors (Lipinski definition) is 4. The van der Waals surface area contributed by atoms with Gasteiger partial charge < -0.3 is 14.5 Å². The maximum Gasteiger partial charge on any atom is 0.251 e. The van der Waals surface area contributed by atoms with Crippen LogP contribution in [0, 0.1) is 0 Å².